The van der Waals surface area contributed by atoms with E-state index in [1.165, 1.54) is 12.1 Å². The second-order valence-electron chi connectivity index (χ2n) is 5.55. The smallest absolute Gasteiger partial charge is 0.261 e. The molecule has 0 saturated heterocycles. The van der Waals surface area contributed by atoms with Crippen molar-refractivity contribution in [1.29, 1.82) is 0 Å². The number of hydrogen-bond acceptors (Lipinski definition) is 4. The van der Waals surface area contributed by atoms with Gasteiger partial charge in [0.2, 0.25) is 11.1 Å². The highest BCUT2D eigenvalue weighted by Crippen LogP contribution is 2.07. The molecule has 0 bridgehead atoms. The molecule has 148 valence electrons. The van der Waals surface area contributed by atoms with Gasteiger partial charge in [-0.05, 0) is 35.0 Å². The molecule has 2 heterocycles. The molecule has 8 nitrogen and oxygen atoms in total. The zero-order valence-corrected chi connectivity index (χ0v) is 15.7. The maximum atomic E-state index is 10.8. The van der Waals surface area contributed by atoms with Crippen LogP contribution in [0.1, 0.15) is 0 Å². The summed E-state index contributed by atoms with van der Waals surface area (Å²) >= 11 is 0. The topological polar surface area (TPSA) is 152 Å². The summed E-state index contributed by atoms with van der Waals surface area (Å²) in [5, 5.41) is 2.12. The van der Waals surface area contributed by atoms with Gasteiger partial charge >= 0.3 is 0 Å². The van der Waals surface area contributed by atoms with E-state index in [0.29, 0.717) is 6.26 Å². The van der Waals surface area contributed by atoms with Crippen LogP contribution in [0.5, 0.6) is 0 Å². The van der Waals surface area contributed by atoms with E-state index < -0.39 is 10.1 Å². The van der Waals surface area contributed by atoms with Crippen molar-refractivity contribution in [3.8, 4) is 0 Å². The van der Waals surface area contributed by atoms with Crippen LogP contribution in [0, 0.1) is 0 Å². The van der Waals surface area contributed by atoms with Crippen LogP contribution in [0.3, 0.4) is 0 Å². The average Bonchev–Trinajstić information content (AvgIpc) is 2.60. The maximum Gasteiger partial charge on any atom is 0.261 e. The number of fused-ring (bicyclic) bond motifs is 2. The van der Waals surface area contributed by atoms with Crippen molar-refractivity contribution in [2.45, 2.75) is 0 Å². The number of hydrogen-bond donors (Lipinski definition) is 3. The summed E-state index contributed by atoms with van der Waals surface area (Å²) < 4.78 is 25.9. The molecule has 9 heteroatoms. The van der Waals surface area contributed by atoms with E-state index in [9.17, 15) is 18.0 Å². The minimum absolute atomic E-state index is 0. The third-order valence-corrected chi connectivity index (χ3v) is 3.27. The summed E-state index contributed by atoms with van der Waals surface area (Å²) in [5.41, 5.74) is 1.67. The third kappa shape index (κ3) is 7.96. The van der Waals surface area contributed by atoms with Crippen LogP contribution < -0.4 is 11.1 Å². The number of para-hydroxylation sites is 2. The van der Waals surface area contributed by atoms with Crippen LogP contribution in [-0.2, 0) is 10.1 Å². The Labute approximate surface area is 160 Å². The Balaban J connectivity index is 0.000000222. The standard InChI is InChI=1S/2C9H7NO.CH4O3S.H2O/c2*11-9-6-5-7-3-1-2-4-8(7)10-9;1-5(2,3)4;/h2*1-6H,(H,10,11);1H3,(H,2,3,4);1H2. The molecule has 0 amide bonds. The van der Waals surface area contributed by atoms with Crippen molar-refractivity contribution < 1.29 is 18.4 Å². The minimum Gasteiger partial charge on any atom is -0.412 e. The van der Waals surface area contributed by atoms with Crippen molar-refractivity contribution in [3.63, 3.8) is 0 Å². The molecule has 5 N–H and O–H groups in total. The molecule has 0 spiro atoms. The van der Waals surface area contributed by atoms with Crippen LogP contribution in [0.4, 0.5) is 0 Å². The van der Waals surface area contributed by atoms with Crippen molar-refractivity contribution in [1.82, 2.24) is 9.97 Å². The summed E-state index contributed by atoms with van der Waals surface area (Å²) in [4.78, 5) is 27.1. The fraction of sp³-hybridized carbons (Fsp3) is 0.0526. The average molecular weight is 404 g/mol. The molecule has 0 unspecified atom stereocenters. The maximum absolute atomic E-state index is 10.8. The Hall–Kier alpha value is -3.27. The van der Waals surface area contributed by atoms with Crippen molar-refractivity contribution in [3.05, 3.63) is 93.5 Å². The molecule has 4 aromatic rings. The molecule has 2 aromatic heterocycles. The molecule has 4 rings (SSSR count). The van der Waals surface area contributed by atoms with Gasteiger partial charge in [-0.3, -0.25) is 14.1 Å². The largest absolute Gasteiger partial charge is 0.412 e. The first kappa shape index (κ1) is 22.8. The number of benzene rings is 2. The molecule has 0 aliphatic rings. The molecule has 0 atom stereocenters. The molecule has 0 radical (unpaired) electrons. The van der Waals surface area contributed by atoms with Gasteiger partial charge in [0, 0.05) is 23.2 Å². The zero-order chi connectivity index (χ0) is 19.9. The lowest BCUT2D eigenvalue weighted by atomic mass is 10.2. The van der Waals surface area contributed by atoms with Gasteiger partial charge in [-0.2, -0.15) is 8.42 Å². The van der Waals surface area contributed by atoms with Crippen molar-refractivity contribution in [2.75, 3.05) is 6.26 Å². The summed E-state index contributed by atoms with van der Waals surface area (Å²) in [6.45, 7) is 0. The van der Waals surface area contributed by atoms with Crippen LogP contribution in [0.15, 0.2) is 82.4 Å². The Morgan fingerprint density at radius 2 is 1.00 bits per heavy atom. The summed E-state index contributed by atoms with van der Waals surface area (Å²) in [6, 6.07) is 22.1. The Morgan fingerprint density at radius 1 is 0.679 bits per heavy atom. The molecule has 28 heavy (non-hydrogen) atoms. The first-order valence-corrected chi connectivity index (χ1v) is 9.66. The molecule has 0 fully saturated rings. The predicted octanol–water partition coefficient (Wildman–Crippen LogP) is 1.74. The van der Waals surface area contributed by atoms with Crippen molar-refractivity contribution >= 4 is 31.9 Å². The van der Waals surface area contributed by atoms with E-state index in [1.54, 1.807) is 0 Å². The van der Waals surface area contributed by atoms with E-state index >= 15 is 0 Å². The van der Waals surface area contributed by atoms with Gasteiger partial charge in [-0.25, -0.2) is 0 Å². The highest BCUT2D eigenvalue weighted by atomic mass is 32.2. The number of rotatable bonds is 0. The van der Waals surface area contributed by atoms with E-state index in [0.717, 1.165) is 21.8 Å². The third-order valence-electron chi connectivity index (χ3n) is 3.27. The van der Waals surface area contributed by atoms with Gasteiger partial charge in [0.25, 0.3) is 10.1 Å². The molecular weight excluding hydrogens is 384 g/mol. The minimum atomic E-state index is -3.67. The van der Waals surface area contributed by atoms with Gasteiger partial charge in [0.05, 0.1) is 6.26 Å². The lowest BCUT2D eigenvalue weighted by molar-refractivity contribution is 0.490. The van der Waals surface area contributed by atoms with Gasteiger partial charge in [-0.15, -0.1) is 0 Å². The number of aromatic amines is 2. The van der Waals surface area contributed by atoms with Crippen LogP contribution in [-0.4, -0.2) is 34.7 Å². The van der Waals surface area contributed by atoms with Gasteiger partial charge in [0.15, 0.2) is 0 Å². The first-order chi connectivity index (χ1) is 12.7. The summed E-state index contributed by atoms with van der Waals surface area (Å²) in [5.74, 6) is 0. The summed E-state index contributed by atoms with van der Waals surface area (Å²) in [6.07, 6.45) is 0.715. The van der Waals surface area contributed by atoms with E-state index in [2.05, 4.69) is 9.97 Å². The second kappa shape index (κ2) is 10.2. The fourth-order valence-electron chi connectivity index (χ4n) is 2.19. The van der Waals surface area contributed by atoms with Crippen molar-refractivity contribution in [2.24, 2.45) is 0 Å². The highest BCUT2D eigenvalue weighted by Gasteiger charge is 1.90. The van der Waals surface area contributed by atoms with Gasteiger partial charge < -0.3 is 15.4 Å². The highest BCUT2D eigenvalue weighted by molar-refractivity contribution is 7.85. The predicted molar refractivity (Wildman–Crippen MR) is 110 cm³/mol. The molecular formula is C19H20N2O6S. The number of H-pyrrole nitrogens is 2. The SMILES string of the molecule is CS(=O)(=O)O.O.O=c1ccc2ccccc2[nH]1.O=c1ccc2ccccc2[nH]1. The fourth-order valence-corrected chi connectivity index (χ4v) is 2.19. The van der Waals surface area contributed by atoms with Crippen LogP contribution in [0.2, 0.25) is 0 Å². The molecule has 0 aliphatic carbocycles. The van der Waals surface area contributed by atoms with E-state index in [-0.39, 0.29) is 16.6 Å². The van der Waals surface area contributed by atoms with E-state index in [4.69, 9.17) is 4.55 Å². The molecule has 2 aromatic carbocycles. The van der Waals surface area contributed by atoms with E-state index in [1.807, 2.05) is 60.7 Å². The second-order valence-corrected chi connectivity index (χ2v) is 7.02. The van der Waals surface area contributed by atoms with Crippen LogP contribution >= 0.6 is 0 Å². The molecule has 0 aliphatic heterocycles. The monoisotopic (exact) mass is 404 g/mol. The van der Waals surface area contributed by atoms with Crippen LogP contribution in [0.25, 0.3) is 21.8 Å². The molecule has 0 saturated carbocycles. The Morgan fingerprint density at radius 3 is 1.36 bits per heavy atom. The summed E-state index contributed by atoms with van der Waals surface area (Å²) in [7, 11) is -3.67. The van der Waals surface area contributed by atoms with Gasteiger partial charge in [0.1, 0.15) is 0 Å². The number of aromatic nitrogens is 2. The lowest BCUT2D eigenvalue weighted by Crippen LogP contribution is -2.01. The van der Waals surface area contributed by atoms with Gasteiger partial charge in [-0.1, -0.05) is 36.4 Å². The Kier molecular flexibility index (Phi) is 8.27. The Bertz CT molecular complexity index is 1170. The number of nitrogens with one attached hydrogen (secondary N) is 2. The number of pyridine rings is 2. The zero-order valence-electron chi connectivity index (χ0n) is 14.9. The first-order valence-electron chi connectivity index (χ1n) is 7.81. The quantitative estimate of drug-likeness (QED) is 0.381. The lowest BCUT2D eigenvalue weighted by Gasteiger charge is -1.93. The normalized spacial score (nSPS) is 10.1.